The van der Waals surface area contributed by atoms with Gasteiger partial charge in [-0.3, -0.25) is 0 Å². The van der Waals surface area contributed by atoms with E-state index in [1.54, 1.807) is 0 Å². The van der Waals surface area contributed by atoms with Crippen LogP contribution in [0, 0.1) is 13.8 Å². The van der Waals surface area contributed by atoms with Crippen LogP contribution in [0.1, 0.15) is 49.1 Å². The summed E-state index contributed by atoms with van der Waals surface area (Å²) >= 11 is 0. The summed E-state index contributed by atoms with van der Waals surface area (Å²) in [5.74, 6) is 0. The predicted octanol–water partition coefficient (Wildman–Crippen LogP) is 6.06. The monoisotopic (exact) mass is 317 g/mol. The summed E-state index contributed by atoms with van der Waals surface area (Å²) in [7, 11) is 0. The summed E-state index contributed by atoms with van der Waals surface area (Å²) in [6.07, 6.45) is 4.76. The number of hydrogen-bond acceptors (Lipinski definition) is 1. The Balaban J connectivity index is 2.04. The molecule has 1 aliphatic heterocycles. The molecule has 124 valence electrons. The molecule has 0 aromatic heterocycles. The fourth-order valence-electron chi connectivity index (χ4n) is 3.45. The highest BCUT2D eigenvalue weighted by Crippen LogP contribution is 2.37. The molecular weight excluding hydrogens is 290 g/mol. The third-order valence-corrected chi connectivity index (χ3v) is 4.74. The predicted molar refractivity (Wildman–Crippen MR) is 104 cm³/mol. The molecule has 0 aliphatic carbocycles. The third-order valence-electron chi connectivity index (χ3n) is 4.74. The van der Waals surface area contributed by atoms with Crippen molar-refractivity contribution in [3.8, 4) is 0 Å². The average molecular weight is 317 g/mol. The molecular formula is C23H27N. The maximum Gasteiger partial charge on any atom is 0.0730 e. The zero-order valence-electron chi connectivity index (χ0n) is 15.4. The van der Waals surface area contributed by atoms with Crippen LogP contribution < -0.4 is 0 Å². The normalized spacial score (nSPS) is 17.8. The van der Waals surface area contributed by atoms with Gasteiger partial charge in [-0.2, -0.15) is 0 Å². The van der Waals surface area contributed by atoms with Gasteiger partial charge in [-0.05, 0) is 51.3 Å². The lowest BCUT2D eigenvalue weighted by atomic mass is 9.90. The highest BCUT2D eigenvalue weighted by molar-refractivity contribution is 5.79. The Morgan fingerprint density at radius 1 is 0.875 bits per heavy atom. The van der Waals surface area contributed by atoms with Crippen molar-refractivity contribution in [3.05, 3.63) is 88.6 Å². The zero-order valence-corrected chi connectivity index (χ0v) is 15.4. The van der Waals surface area contributed by atoms with E-state index in [1.165, 1.54) is 33.4 Å². The van der Waals surface area contributed by atoms with Gasteiger partial charge >= 0.3 is 0 Å². The molecule has 0 saturated heterocycles. The Morgan fingerprint density at radius 2 is 1.54 bits per heavy atom. The number of benzene rings is 2. The molecule has 1 heteroatoms. The summed E-state index contributed by atoms with van der Waals surface area (Å²) in [5, 5.41) is 0. The zero-order chi connectivity index (χ0) is 17.3. The van der Waals surface area contributed by atoms with Crippen molar-refractivity contribution in [2.45, 2.75) is 46.7 Å². The first-order valence-electron chi connectivity index (χ1n) is 8.77. The molecule has 0 amide bonds. The van der Waals surface area contributed by atoms with Crippen LogP contribution in [-0.2, 0) is 0 Å². The van der Waals surface area contributed by atoms with E-state index >= 15 is 0 Å². The van der Waals surface area contributed by atoms with E-state index in [0.29, 0.717) is 12.1 Å². The van der Waals surface area contributed by atoms with Gasteiger partial charge in [0.15, 0.2) is 0 Å². The molecule has 24 heavy (non-hydrogen) atoms. The van der Waals surface area contributed by atoms with Crippen LogP contribution >= 0.6 is 0 Å². The van der Waals surface area contributed by atoms with Gasteiger partial charge in [0.05, 0.1) is 6.04 Å². The first-order valence-corrected chi connectivity index (χ1v) is 8.77. The van der Waals surface area contributed by atoms with Gasteiger partial charge in [0.2, 0.25) is 0 Å². The largest absolute Gasteiger partial charge is 0.364 e. The molecule has 1 heterocycles. The average Bonchev–Trinajstić information content (AvgIpc) is 2.54. The van der Waals surface area contributed by atoms with Crippen molar-refractivity contribution in [1.82, 2.24) is 4.90 Å². The Bertz CT molecular complexity index is 795. The van der Waals surface area contributed by atoms with Crippen LogP contribution in [0.15, 0.2) is 66.4 Å². The minimum Gasteiger partial charge on any atom is -0.364 e. The second-order valence-electron chi connectivity index (χ2n) is 7.16. The highest BCUT2D eigenvalue weighted by Gasteiger charge is 2.24. The molecule has 0 bridgehead atoms. The minimum atomic E-state index is 0.304. The number of allylic oxidation sites excluding steroid dienone is 2. The molecule has 1 aliphatic rings. The standard InChI is InChI=1S/C23H27N/c1-16(2)24-15-22(20-10-6-8-17(3)12-20)19(5)14-23(24)21-11-7-9-18(4)13-21/h6-16,23H,1-5H3. The fourth-order valence-corrected chi connectivity index (χ4v) is 3.45. The van der Waals surface area contributed by atoms with Crippen LogP contribution in [0.3, 0.4) is 0 Å². The van der Waals surface area contributed by atoms with Crippen molar-refractivity contribution >= 4 is 5.57 Å². The first kappa shape index (κ1) is 16.6. The SMILES string of the molecule is CC1=CC(c2cccc(C)c2)N(C(C)C)C=C1c1cccc(C)c1. The highest BCUT2D eigenvalue weighted by atomic mass is 15.2. The van der Waals surface area contributed by atoms with Gasteiger partial charge in [-0.25, -0.2) is 0 Å². The molecule has 0 radical (unpaired) electrons. The quantitative estimate of drug-likeness (QED) is 0.665. The molecule has 2 aromatic carbocycles. The molecule has 1 unspecified atom stereocenters. The van der Waals surface area contributed by atoms with Crippen molar-refractivity contribution in [1.29, 1.82) is 0 Å². The maximum absolute atomic E-state index is 2.47. The van der Waals surface area contributed by atoms with E-state index in [4.69, 9.17) is 0 Å². The second-order valence-corrected chi connectivity index (χ2v) is 7.16. The molecule has 1 nitrogen and oxygen atoms in total. The molecule has 3 rings (SSSR count). The number of rotatable bonds is 3. The van der Waals surface area contributed by atoms with Gasteiger partial charge in [-0.1, -0.05) is 65.7 Å². The molecule has 0 saturated carbocycles. The van der Waals surface area contributed by atoms with E-state index in [9.17, 15) is 0 Å². The lowest BCUT2D eigenvalue weighted by molar-refractivity contribution is 0.263. The number of nitrogens with zero attached hydrogens (tertiary/aromatic N) is 1. The summed E-state index contributed by atoms with van der Waals surface area (Å²) < 4.78 is 0. The Kier molecular flexibility index (Phi) is 4.62. The van der Waals surface area contributed by atoms with Gasteiger partial charge in [0.25, 0.3) is 0 Å². The van der Waals surface area contributed by atoms with E-state index in [-0.39, 0.29) is 0 Å². The van der Waals surface area contributed by atoms with Crippen molar-refractivity contribution in [2.24, 2.45) is 0 Å². The summed E-state index contributed by atoms with van der Waals surface area (Å²) in [6, 6.07) is 18.4. The minimum absolute atomic E-state index is 0.304. The van der Waals surface area contributed by atoms with Gasteiger partial charge in [0.1, 0.15) is 0 Å². The number of aryl methyl sites for hydroxylation is 2. The Hall–Kier alpha value is -2.28. The van der Waals surface area contributed by atoms with Crippen molar-refractivity contribution in [3.63, 3.8) is 0 Å². The first-order chi connectivity index (χ1) is 11.5. The lowest BCUT2D eigenvalue weighted by Gasteiger charge is -2.37. The van der Waals surface area contributed by atoms with Crippen LogP contribution in [0.25, 0.3) is 5.57 Å². The molecule has 2 aromatic rings. The molecule has 0 fully saturated rings. The van der Waals surface area contributed by atoms with Gasteiger partial charge < -0.3 is 4.90 Å². The lowest BCUT2D eigenvalue weighted by Crippen LogP contribution is -2.31. The van der Waals surface area contributed by atoms with E-state index in [1.807, 2.05) is 0 Å². The van der Waals surface area contributed by atoms with Crippen LogP contribution in [0.2, 0.25) is 0 Å². The molecule has 0 spiro atoms. The van der Waals surface area contributed by atoms with Crippen LogP contribution in [0.4, 0.5) is 0 Å². The van der Waals surface area contributed by atoms with Crippen LogP contribution in [0.5, 0.6) is 0 Å². The Labute approximate surface area is 146 Å². The van der Waals surface area contributed by atoms with E-state index in [0.717, 1.165) is 0 Å². The summed E-state index contributed by atoms with van der Waals surface area (Å²) in [6.45, 7) is 11.1. The topological polar surface area (TPSA) is 3.24 Å². The van der Waals surface area contributed by atoms with Crippen LogP contribution in [-0.4, -0.2) is 10.9 Å². The number of hydrogen-bond donors (Lipinski definition) is 0. The third kappa shape index (κ3) is 3.31. The molecule has 1 atom stereocenters. The second kappa shape index (κ2) is 6.68. The fraction of sp³-hybridized carbons (Fsp3) is 0.304. The molecule has 0 N–H and O–H groups in total. The maximum atomic E-state index is 2.47. The van der Waals surface area contributed by atoms with Gasteiger partial charge in [-0.15, -0.1) is 0 Å². The van der Waals surface area contributed by atoms with Crippen molar-refractivity contribution < 1.29 is 0 Å². The Morgan fingerprint density at radius 3 is 2.17 bits per heavy atom. The smallest absolute Gasteiger partial charge is 0.0730 e. The summed E-state index contributed by atoms with van der Waals surface area (Å²) in [4.78, 5) is 2.47. The van der Waals surface area contributed by atoms with E-state index < -0.39 is 0 Å². The van der Waals surface area contributed by atoms with Gasteiger partial charge in [0, 0.05) is 17.8 Å². The van der Waals surface area contributed by atoms with Crippen molar-refractivity contribution in [2.75, 3.05) is 0 Å². The van der Waals surface area contributed by atoms with E-state index in [2.05, 4.69) is 100 Å². The summed E-state index contributed by atoms with van der Waals surface area (Å²) in [5.41, 5.74) is 7.97.